The van der Waals surface area contributed by atoms with E-state index in [1.54, 1.807) is 13.8 Å². The summed E-state index contributed by atoms with van der Waals surface area (Å²) < 4.78 is 24.9. The zero-order chi connectivity index (χ0) is 9.30. The maximum absolute atomic E-state index is 11.9. The van der Waals surface area contributed by atoms with Crippen LogP contribution in [-0.4, -0.2) is 21.3 Å². The second-order valence-electron chi connectivity index (χ2n) is 2.59. The van der Waals surface area contributed by atoms with Crippen LogP contribution in [0, 0.1) is 13.8 Å². The average Bonchev–Trinajstić information content (AvgIpc) is 2.17. The first-order chi connectivity index (χ1) is 5.52. The van der Waals surface area contributed by atoms with Crippen LogP contribution in [0.25, 0.3) is 0 Å². The number of aromatic hydroxyl groups is 1. The molecule has 5 heteroatoms. The highest BCUT2D eigenvalue weighted by atomic mass is 19.3. The molecule has 1 aromatic rings. The fourth-order valence-electron chi connectivity index (χ4n) is 0.996. The van der Waals surface area contributed by atoms with Crippen molar-refractivity contribution in [2.75, 3.05) is 0 Å². The predicted octanol–water partition coefficient (Wildman–Crippen LogP) is 1.47. The number of rotatable bonds is 2. The highest BCUT2D eigenvalue weighted by molar-refractivity contribution is 5.29. The predicted molar refractivity (Wildman–Crippen MR) is 39.4 cm³/mol. The molecule has 1 rings (SSSR count). The fourth-order valence-corrected chi connectivity index (χ4v) is 0.996. The lowest BCUT2D eigenvalue weighted by Gasteiger charge is -2.01. The summed E-state index contributed by atoms with van der Waals surface area (Å²) in [6.07, 6.45) is -2.44. The number of aryl methyl sites for hydroxylation is 1. The van der Waals surface area contributed by atoms with E-state index in [-0.39, 0.29) is 5.75 Å². The molecule has 1 aromatic heterocycles. The molecule has 12 heavy (non-hydrogen) atoms. The molecular formula is C7H10F2N2O. The van der Waals surface area contributed by atoms with Crippen molar-refractivity contribution >= 4 is 0 Å². The van der Waals surface area contributed by atoms with Crippen LogP contribution in [0.3, 0.4) is 0 Å². The minimum Gasteiger partial charge on any atom is -0.504 e. The van der Waals surface area contributed by atoms with Gasteiger partial charge in [-0.25, -0.2) is 8.78 Å². The van der Waals surface area contributed by atoms with Crippen molar-refractivity contribution in [1.82, 2.24) is 9.78 Å². The molecule has 1 N–H and O–H groups in total. The van der Waals surface area contributed by atoms with Gasteiger partial charge in [0.25, 0.3) is 6.43 Å². The Bertz CT molecular complexity index is 283. The molecule has 0 aromatic carbocycles. The van der Waals surface area contributed by atoms with E-state index < -0.39 is 13.0 Å². The maximum Gasteiger partial charge on any atom is 0.257 e. The van der Waals surface area contributed by atoms with Gasteiger partial charge in [0.2, 0.25) is 0 Å². The molecule has 0 saturated heterocycles. The van der Waals surface area contributed by atoms with Gasteiger partial charge in [-0.15, -0.1) is 0 Å². The maximum atomic E-state index is 11.9. The third-order valence-corrected chi connectivity index (χ3v) is 1.65. The van der Waals surface area contributed by atoms with Crippen molar-refractivity contribution in [3.8, 4) is 5.75 Å². The third kappa shape index (κ3) is 1.54. The third-order valence-electron chi connectivity index (χ3n) is 1.65. The van der Waals surface area contributed by atoms with Gasteiger partial charge >= 0.3 is 0 Å². The van der Waals surface area contributed by atoms with Gasteiger partial charge in [0.15, 0.2) is 5.75 Å². The highest BCUT2D eigenvalue weighted by Gasteiger charge is 2.12. The van der Waals surface area contributed by atoms with Crippen molar-refractivity contribution in [3.63, 3.8) is 0 Å². The monoisotopic (exact) mass is 176 g/mol. The van der Waals surface area contributed by atoms with Gasteiger partial charge in [0, 0.05) is 0 Å². The van der Waals surface area contributed by atoms with Gasteiger partial charge in [0.1, 0.15) is 12.2 Å². The van der Waals surface area contributed by atoms with Gasteiger partial charge in [-0.1, -0.05) is 0 Å². The highest BCUT2D eigenvalue weighted by Crippen LogP contribution is 2.20. The topological polar surface area (TPSA) is 38.0 Å². The molecule has 0 aliphatic heterocycles. The minimum atomic E-state index is -2.44. The molecule has 0 fully saturated rings. The summed E-state index contributed by atoms with van der Waals surface area (Å²) in [5.41, 5.74) is 0.765. The lowest BCUT2D eigenvalue weighted by atomic mass is 10.3. The van der Waals surface area contributed by atoms with Crippen LogP contribution in [0.4, 0.5) is 8.78 Å². The van der Waals surface area contributed by atoms with Crippen LogP contribution >= 0.6 is 0 Å². The van der Waals surface area contributed by atoms with E-state index in [0.717, 1.165) is 4.68 Å². The minimum absolute atomic E-state index is 0.00403. The molecule has 0 atom stereocenters. The number of hydrogen-bond acceptors (Lipinski definition) is 2. The van der Waals surface area contributed by atoms with Gasteiger partial charge < -0.3 is 5.11 Å². The van der Waals surface area contributed by atoms with Crippen LogP contribution < -0.4 is 0 Å². The molecule has 1 heterocycles. The SMILES string of the molecule is Cc1nn(CC(F)F)c(C)c1O. The Kier molecular flexibility index (Phi) is 2.30. The van der Waals surface area contributed by atoms with Crippen LogP contribution in [0.1, 0.15) is 11.4 Å². The summed E-state index contributed by atoms with van der Waals surface area (Å²) in [7, 11) is 0. The lowest BCUT2D eigenvalue weighted by molar-refractivity contribution is 0.120. The second-order valence-corrected chi connectivity index (χ2v) is 2.59. The first-order valence-corrected chi connectivity index (χ1v) is 3.53. The van der Waals surface area contributed by atoms with E-state index in [4.69, 9.17) is 0 Å². The number of halogens is 2. The van der Waals surface area contributed by atoms with Crippen LogP contribution in [0.15, 0.2) is 0 Å². The van der Waals surface area contributed by atoms with Crippen molar-refractivity contribution < 1.29 is 13.9 Å². The fraction of sp³-hybridized carbons (Fsp3) is 0.571. The van der Waals surface area contributed by atoms with Crippen molar-refractivity contribution in [2.45, 2.75) is 26.8 Å². The van der Waals surface area contributed by atoms with E-state index in [9.17, 15) is 13.9 Å². The van der Waals surface area contributed by atoms with E-state index in [1.807, 2.05) is 0 Å². The zero-order valence-corrected chi connectivity index (χ0v) is 6.88. The van der Waals surface area contributed by atoms with Crippen LogP contribution in [0.5, 0.6) is 5.75 Å². The van der Waals surface area contributed by atoms with Crippen molar-refractivity contribution in [1.29, 1.82) is 0 Å². The molecule has 0 radical (unpaired) electrons. The molecule has 0 amide bonds. The van der Waals surface area contributed by atoms with Gasteiger partial charge in [-0.2, -0.15) is 5.10 Å². The summed E-state index contributed by atoms with van der Waals surface area (Å²) in [5, 5.41) is 12.9. The molecule has 68 valence electrons. The molecule has 0 aliphatic rings. The number of nitrogens with zero attached hydrogens (tertiary/aromatic N) is 2. The molecule has 3 nitrogen and oxygen atoms in total. The molecule has 0 bridgehead atoms. The number of alkyl halides is 2. The van der Waals surface area contributed by atoms with Gasteiger partial charge in [-0.05, 0) is 13.8 Å². The van der Waals surface area contributed by atoms with E-state index in [0.29, 0.717) is 11.4 Å². The number of hydrogen-bond donors (Lipinski definition) is 1. The van der Waals surface area contributed by atoms with Crippen molar-refractivity contribution in [2.24, 2.45) is 0 Å². The Hall–Kier alpha value is -1.13. The summed E-state index contributed by atoms with van der Waals surface area (Å²) >= 11 is 0. The van der Waals surface area contributed by atoms with E-state index in [1.165, 1.54) is 0 Å². The molecule has 0 saturated carbocycles. The van der Waals surface area contributed by atoms with E-state index >= 15 is 0 Å². The molecule has 0 unspecified atom stereocenters. The number of aromatic nitrogens is 2. The Labute approximate surface area is 68.6 Å². The Balaban J connectivity index is 2.93. The first-order valence-electron chi connectivity index (χ1n) is 3.53. The Morgan fingerprint density at radius 3 is 2.42 bits per heavy atom. The summed E-state index contributed by atoms with van der Waals surface area (Å²) in [6, 6.07) is 0. The molecule has 0 spiro atoms. The lowest BCUT2D eigenvalue weighted by Crippen LogP contribution is -2.09. The quantitative estimate of drug-likeness (QED) is 0.741. The van der Waals surface area contributed by atoms with E-state index in [2.05, 4.69) is 5.10 Å². The Morgan fingerprint density at radius 1 is 1.50 bits per heavy atom. The van der Waals surface area contributed by atoms with Gasteiger partial charge in [-0.3, -0.25) is 4.68 Å². The van der Waals surface area contributed by atoms with Crippen LogP contribution in [-0.2, 0) is 6.54 Å². The van der Waals surface area contributed by atoms with Gasteiger partial charge in [0.05, 0.1) is 5.69 Å². The van der Waals surface area contributed by atoms with Crippen molar-refractivity contribution in [3.05, 3.63) is 11.4 Å². The summed E-state index contributed by atoms with van der Waals surface area (Å²) in [5.74, 6) is -0.00403. The molecule has 0 aliphatic carbocycles. The Morgan fingerprint density at radius 2 is 2.08 bits per heavy atom. The smallest absolute Gasteiger partial charge is 0.257 e. The zero-order valence-electron chi connectivity index (χ0n) is 6.88. The standard InChI is InChI=1S/C7H10F2N2O/c1-4-7(12)5(2)11(10-4)3-6(8)9/h6,12H,3H2,1-2H3. The summed E-state index contributed by atoms with van der Waals surface area (Å²) in [4.78, 5) is 0. The molecular weight excluding hydrogens is 166 g/mol. The second kappa shape index (κ2) is 3.08. The largest absolute Gasteiger partial charge is 0.504 e. The average molecular weight is 176 g/mol. The first kappa shape index (κ1) is 8.96. The van der Waals surface area contributed by atoms with Crippen LogP contribution in [0.2, 0.25) is 0 Å². The normalized spacial score (nSPS) is 11.1. The summed E-state index contributed by atoms with van der Waals surface area (Å²) in [6.45, 7) is 2.66.